The van der Waals surface area contributed by atoms with E-state index in [1.807, 2.05) is 0 Å². The molecule has 2 aliphatic rings. The maximum Gasteiger partial charge on any atom is 0.433 e. The van der Waals surface area contributed by atoms with Crippen molar-refractivity contribution >= 4 is 5.88 Å². The lowest BCUT2D eigenvalue weighted by molar-refractivity contribution is -0.402. The SMILES string of the molecule is O=[N+]([O-])c1ccc(CN2CC3CCCNC3C2)o1. The zero-order valence-corrected chi connectivity index (χ0v) is 10.2. The largest absolute Gasteiger partial charge is 0.433 e. The third-order valence-corrected chi connectivity index (χ3v) is 3.88. The number of hydrogen-bond acceptors (Lipinski definition) is 5. The Kier molecular flexibility index (Phi) is 3.05. The van der Waals surface area contributed by atoms with Crippen LogP contribution in [0.15, 0.2) is 16.5 Å². The molecule has 2 fully saturated rings. The van der Waals surface area contributed by atoms with Crippen molar-refractivity contribution < 1.29 is 9.34 Å². The Bertz CT molecular complexity index is 432. The van der Waals surface area contributed by atoms with Gasteiger partial charge >= 0.3 is 5.88 Å². The van der Waals surface area contributed by atoms with Crippen molar-refractivity contribution in [2.45, 2.75) is 25.4 Å². The first-order chi connectivity index (χ1) is 8.72. The van der Waals surface area contributed by atoms with E-state index < -0.39 is 4.92 Å². The smallest absolute Gasteiger partial charge is 0.404 e. The molecule has 0 radical (unpaired) electrons. The minimum absolute atomic E-state index is 0.167. The van der Waals surface area contributed by atoms with Gasteiger partial charge in [0.25, 0.3) is 0 Å². The third-order valence-electron chi connectivity index (χ3n) is 3.88. The van der Waals surface area contributed by atoms with Crippen LogP contribution in [-0.4, -0.2) is 35.5 Å². The van der Waals surface area contributed by atoms with E-state index >= 15 is 0 Å². The van der Waals surface area contributed by atoms with Gasteiger partial charge in [0.05, 0.1) is 12.6 Å². The van der Waals surface area contributed by atoms with E-state index in [9.17, 15) is 10.1 Å². The van der Waals surface area contributed by atoms with E-state index in [1.165, 1.54) is 18.9 Å². The minimum atomic E-state index is -0.491. The lowest BCUT2D eigenvalue weighted by atomic mass is 9.94. The lowest BCUT2D eigenvalue weighted by Gasteiger charge is -2.24. The molecule has 1 aromatic rings. The van der Waals surface area contributed by atoms with Crippen LogP contribution in [0.1, 0.15) is 18.6 Å². The molecule has 6 nitrogen and oxygen atoms in total. The van der Waals surface area contributed by atoms with Gasteiger partial charge in [0.15, 0.2) is 0 Å². The Labute approximate surface area is 105 Å². The summed E-state index contributed by atoms with van der Waals surface area (Å²) in [4.78, 5) is 12.4. The van der Waals surface area contributed by atoms with Gasteiger partial charge in [-0.25, -0.2) is 0 Å². The molecule has 0 aromatic carbocycles. The molecular formula is C12H17N3O3. The van der Waals surface area contributed by atoms with Gasteiger partial charge in [0, 0.05) is 19.1 Å². The van der Waals surface area contributed by atoms with Gasteiger partial charge in [0.1, 0.15) is 10.7 Å². The lowest BCUT2D eigenvalue weighted by Crippen LogP contribution is -2.40. The van der Waals surface area contributed by atoms with Crippen LogP contribution in [0.4, 0.5) is 5.88 Å². The summed E-state index contributed by atoms with van der Waals surface area (Å²) >= 11 is 0. The van der Waals surface area contributed by atoms with E-state index in [4.69, 9.17) is 4.42 Å². The first-order valence-electron chi connectivity index (χ1n) is 6.41. The number of likely N-dealkylation sites (tertiary alicyclic amines) is 1. The maximum atomic E-state index is 10.5. The van der Waals surface area contributed by atoms with E-state index in [0.717, 1.165) is 25.6 Å². The molecule has 0 bridgehead atoms. The standard InChI is InChI=1S/C12H17N3O3/c16-15(17)12-4-3-10(18-12)7-14-6-9-2-1-5-13-11(9)8-14/h3-4,9,11,13H,1-2,5-8H2. The first-order valence-corrected chi connectivity index (χ1v) is 6.41. The van der Waals surface area contributed by atoms with E-state index in [0.29, 0.717) is 18.3 Å². The minimum Gasteiger partial charge on any atom is -0.404 e. The van der Waals surface area contributed by atoms with Crippen molar-refractivity contribution in [2.24, 2.45) is 5.92 Å². The Morgan fingerprint density at radius 1 is 1.50 bits per heavy atom. The zero-order chi connectivity index (χ0) is 12.5. The highest BCUT2D eigenvalue weighted by Gasteiger charge is 2.34. The predicted octanol–water partition coefficient (Wildman–Crippen LogP) is 1.37. The molecule has 18 heavy (non-hydrogen) atoms. The van der Waals surface area contributed by atoms with Gasteiger partial charge in [0.2, 0.25) is 0 Å². The van der Waals surface area contributed by atoms with E-state index in [-0.39, 0.29) is 5.88 Å². The number of rotatable bonds is 3. The molecule has 2 aliphatic heterocycles. The number of piperidine rings is 1. The predicted molar refractivity (Wildman–Crippen MR) is 65.2 cm³/mol. The third kappa shape index (κ3) is 2.26. The molecule has 0 spiro atoms. The van der Waals surface area contributed by atoms with Crippen molar-refractivity contribution in [3.8, 4) is 0 Å². The maximum absolute atomic E-state index is 10.5. The highest BCUT2D eigenvalue weighted by atomic mass is 16.6. The molecule has 6 heteroatoms. The first kappa shape index (κ1) is 11.7. The molecule has 0 amide bonds. The normalized spacial score (nSPS) is 28.2. The number of nitrogens with zero attached hydrogens (tertiary/aromatic N) is 2. The molecular weight excluding hydrogens is 234 g/mol. The molecule has 2 unspecified atom stereocenters. The summed E-state index contributed by atoms with van der Waals surface area (Å²) in [6, 6.07) is 3.72. The average Bonchev–Trinajstić information content (AvgIpc) is 2.94. The van der Waals surface area contributed by atoms with Crippen molar-refractivity contribution in [2.75, 3.05) is 19.6 Å². The van der Waals surface area contributed by atoms with Gasteiger partial charge in [-0.3, -0.25) is 15.0 Å². The Morgan fingerprint density at radius 2 is 2.39 bits per heavy atom. The van der Waals surface area contributed by atoms with Crippen LogP contribution in [0, 0.1) is 16.0 Å². The van der Waals surface area contributed by atoms with Crippen LogP contribution in [0.2, 0.25) is 0 Å². The van der Waals surface area contributed by atoms with Crippen LogP contribution >= 0.6 is 0 Å². The second-order valence-corrected chi connectivity index (χ2v) is 5.15. The summed E-state index contributed by atoms with van der Waals surface area (Å²) in [5.41, 5.74) is 0. The quantitative estimate of drug-likeness (QED) is 0.649. The van der Waals surface area contributed by atoms with Crippen LogP contribution in [0.3, 0.4) is 0 Å². The second kappa shape index (κ2) is 4.70. The molecule has 2 saturated heterocycles. The number of furan rings is 1. The van der Waals surface area contributed by atoms with Crippen molar-refractivity contribution in [1.29, 1.82) is 0 Å². The molecule has 2 atom stereocenters. The topological polar surface area (TPSA) is 71.6 Å². The molecule has 3 rings (SSSR count). The number of nitrogens with one attached hydrogen (secondary N) is 1. The van der Waals surface area contributed by atoms with Crippen molar-refractivity contribution in [1.82, 2.24) is 10.2 Å². The number of hydrogen-bond donors (Lipinski definition) is 1. The number of nitro groups is 1. The summed E-state index contributed by atoms with van der Waals surface area (Å²) in [5, 5.41) is 14.1. The summed E-state index contributed by atoms with van der Waals surface area (Å²) in [7, 11) is 0. The Balaban J connectivity index is 1.61. The summed E-state index contributed by atoms with van der Waals surface area (Å²) in [5.74, 6) is 1.24. The molecule has 0 aliphatic carbocycles. The highest BCUT2D eigenvalue weighted by molar-refractivity contribution is 5.17. The zero-order valence-electron chi connectivity index (χ0n) is 10.2. The Hall–Kier alpha value is -1.40. The summed E-state index contributed by atoms with van der Waals surface area (Å²) in [6.07, 6.45) is 2.54. The van der Waals surface area contributed by atoms with Gasteiger partial charge in [-0.2, -0.15) is 0 Å². The molecule has 1 aromatic heterocycles. The monoisotopic (exact) mass is 251 g/mol. The van der Waals surface area contributed by atoms with E-state index in [1.54, 1.807) is 6.07 Å². The van der Waals surface area contributed by atoms with Crippen LogP contribution < -0.4 is 5.32 Å². The highest BCUT2D eigenvalue weighted by Crippen LogP contribution is 2.27. The average molecular weight is 251 g/mol. The molecule has 98 valence electrons. The molecule has 1 N–H and O–H groups in total. The van der Waals surface area contributed by atoms with E-state index in [2.05, 4.69) is 10.2 Å². The van der Waals surface area contributed by atoms with Gasteiger partial charge in [-0.15, -0.1) is 0 Å². The molecule has 3 heterocycles. The van der Waals surface area contributed by atoms with Crippen LogP contribution in [0.25, 0.3) is 0 Å². The van der Waals surface area contributed by atoms with Gasteiger partial charge < -0.3 is 9.73 Å². The van der Waals surface area contributed by atoms with Gasteiger partial charge in [-0.1, -0.05) is 0 Å². The number of fused-ring (bicyclic) bond motifs is 1. The van der Waals surface area contributed by atoms with Gasteiger partial charge in [-0.05, 0) is 31.4 Å². The second-order valence-electron chi connectivity index (χ2n) is 5.15. The van der Waals surface area contributed by atoms with Crippen LogP contribution in [-0.2, 0) is 6.54 Å². The van der Waals surface area contributed by atoms with Crippen molar-refractivity contribution in [3.63, 3.8) is 0 Å². The molecule has 0 saturated carbocycles. The fraction of sp³-hybridized carbons (Fsp3) is 0.667. The fourth-order valence-corrected chi connectivity index (χ4v) is 3.04. The fourth-order valence-electron chi connectivity index (χ4n) is 3.04. The summed E-state index contributed by atoms with van der Waals surface area (Å²) in [6.45, 7) is 3.86. The van der Waals surface area contributed by atoms with Crippen molar-refractivity contribution in [3.05, 3.63) is 28.0 Å². The Morgan fingerprint density at radius 3 is 3.11 bits per heavy atom. The van der Waals surface area contributed by atoms with Crippen LogP contribution in [0.5, 0.6) is 0 Å². The summed E-state index contributed by atoms with van der Waals surface area (Å²) < 4.78 is 5.20.